The van der Waals surface area contributed by atoms with Gasteiger partial charge >= 0.3 is 12.1 Å². The fraction of sp³-hybridized carbons (Fsp3) is 0.200. The second kappa shape index (κ2) is 9.02. The van der Waals surface area contributed by atoms with Gasteiger partial charge in [0.2, 0.25) is 0 Å². The van der Waals surface area contributed by atoms with Crippen LogP contribution in [0.5, 0.6) is 0 Å². The van der Waals surface area contributed by atoms with Crippen molar-refractivity contribution in [1.82, 2.24) is 5.32 Å². The van der Waals surface area contributed by atoms with Crippen LogP contribution >= 0.6 is 0 Å². The summed E-state index contributed by atoms with van der Waals surface area (Å²) in [4.78, 5) is 24.1. The summed E-state index contributed by atoms with van der Waals surface area (Å²) in [5, 5.41) is 12.0. The number of hydrogen-bond donors (Lipinski definition) is 3. The molecule has 3 aromatic carbocycles. The van der Waals surface area contributed by atoms with Crippen molar-refractivity contribution >= 4 is 12.1 Å². The van der Waals surface area contributed by atoms with Crippen molar-refractivity contribution in [3.05, 3.63) is 95.1 Å². The number of hydrogen-bond acceptors (Lipinski definition) is 4. The maximum Gasteiger partial charge on any atom is 0.407 e. The minimum Gasteiger partial charge on any atom is -0.480 e. The van der Waals surface area contributed by atoms with Crippen molar-refractivity contribution < 1.29 is 19.4 Å². The molecule has 4 N–H and O–H groups in total. The van der Waals surface area contributed by atoms with Crippen molar-refractivity contribution in [3.63, 3.8) is 0 Å². The van der Waals surface area contributed by atoms with E-state index in [4.69, 9.17) is 10.5 Å². The highest BCUT2D eigenvalue weighted by molar-refractivity contribution is 5.81. The van der Waals surface area contributed by atoms with Crippen molar-refractivity contribution in [2.45, 2.75) is 24.9 Å². The summed E-state index contributed by atoms with van der Waals surface area (Å²) in [6, 6.07) is 22.3. The minimum absolute atomic E-state index is 0.0785. The summed E-state index contributed by atoms with van der Waals surface area (Å²) in [6.45, 7) is 0.554. The number of carbonyl (C=O) groups excluding carboxylic acids is 1. The molecule has 1 amide bonds. The van der Waals surface area contributed by atoms with Crippen molar-refractivity contribution in [1.29, 1.82) is 0 Å². The molecule has 4 rings (SSSR count). The van der Waals surface area contributed by atoms with Gasteiger partial charge in [-0.1, -0.05) is 72.8 Å². The molecule has 1 aliphatic carbocycles. The number of alkyl carbamates (subject to hydrolysis) is 1. The van der Waals surface area contributed by atoms with Crippen LogP contribution in [0.4, 0.5) is 4.79 Å². The molecule has 6 nitrogen and oxygen atoms in total. The van der Waals surface area contributed by atoms with E-state index in [1.165, 1.54) is 0 Å². The van der Waals surface area contributed by atoms with E-state index in [9.17, 15) is 14.7 Å². The number of carboxylic acid groups (broad SMARTS) is 1. The van der Waals surface area contributed by atoms with Crippen LogP contribution in [-0.4, -0.2) is 29.8 Å². The molecular formula is C25H24N2O4. The SMILES string of the molecule is NCc1ccc(CC(NC(=O)OCC2c3ccccc3-c3ccccc32)C(=O)O)cc1. The summed E-state index contributed by atoms with van der Waals surface area (Å²) in [5.74, 6) is -1.19. The summed E-state index contributed by atoms with van der Waals surface area (Å²) in [6.07, 6.45) is -0.586. The molecule has 1 aliphatic rings. The number of rotatable bonds is 7. The lowest BCUT2D eigenvalue weighted by atomic mass is 9.98. The predicted octanol–water partition coefficient (Wildman–Crippen LogP) is 3.68. The summed E-state index contributed by atoms with van der Waals surface area (Å²) in [7, 11) is 0. The largest absolute Gasteiger partial charge is 0.480 e. The summed E-state index contributed by atoms with van der Waals surface area (Å²) < 4.78 is 5.46. The first kappa shape index (κ1) is 20.6. The van der Waals surface area contributed by atoms with Crippen LogP contribution < -0.4 is 11.1 Å². The maximum atomic E-state index is 12.4. The molecule has 158 valence electrons. The van der Waals surface area contributed by atoms with Gasteiger partial charge in [-0.3, -0.25) is 0 Å². The van der Waals surface area contributed by atoms with Gasteiger partial charge in [-0.05, 0) is 33.4 Å². The lowest BCUT2D eigenvalue weighted by molar-refractivity contribution is -0.139. The first-order valence-corrected chi connectivity index (χ1v) is 10.2. The standard InChI is InChI=1S/C25H24N2O4/c26-14-17-11-9-16(10-12-17)13-23(24(28)29)27-25(30)31-15-22-20-7-3-1-5-18(20)19-6-2-4-8-21(19)22/h1-12,22-23H,13-15,26H2,(H,27,30)(H,28,29). The van der Waals surface area contributed by atoms with Crippen LogP contribution in [0.25, 0.3) is 11.1 Å². The van der Waals surface area contributed by atoms with Gasteiger partial charge in [0.25, 0.3) is 0 Å². The minimum atomic E-state index is -1.11. The molecule has 0 bridgehead atoms. The molecule has 0 saturated carbocycles. The Morgan fingerprint density at radius 3 is 2.00 bits per heavy atom. The van der Waals surface area contributed by atoms with Gasteiger partial charge in [-0.2, -0.15) is 0 Å². The molecular weight excluding hydrogens is 392 g/mol. The van der Waals surface area contributed by atoms with Gasteiger partial charge in [0.15, 0.2) is 0 Å². The van der Waals surface area contributed by atoms with Gasteiger partial charge < -0.3 is 20.9 Å². The van der Waals surface area contributed by atoms with E-state index < -0.39 is 18.1 Å². The van der Waals surface area contributed by atoms with Gasteiger partial charge in [-0.25, -0.2) is 9.59 Å². The number of nitrogens with two attached hydrogens (primary N) is 1. The number of nitrogens with one attached hydrogen (secondary N) is 1. The lowest BCUT2D eigenvalue weighted by Gasteiger charge is -2.17. The first-order valence-electron chi connectivity index (χ1n) is 10.2. The van der Waals surface area contributed by atoms with Gasteiger partial charge in [-0.15, -0.1) is 0 Å². The van der Waals surface area contributed by atoms with E-state index in [2.05, 4.69) is 17.4 Å². The van der Waals surface area contributed by atoms with E-state index in [0.717, 1.165) is 33.4 Å². The third kappa shape index (κ3) is 4.44. The molecule has 0 radical (unpaired) electrons. The number of ether oxygens (including phenoxy) is 1. The molecule has 6 heteroatoms. The van der Waals surface area contributed by atoms with Crippen molar-refractivity contribution in [2.75, 3.05) is 6.61 Å². The number of carbonyl (C=O) groups is 2. The smallest absolute Gasteiger partial charge is 0.407 e. The molecule has 3 aromatic rings. The number of carboxylic acids is 1. The van der Waals surface area contributed by atoms with E-state index in [1.54, 1.807) is 0 Å². The van der Waals surface area contributed by atoms with E-state index in [1.807, 2.05) is 60.7 Å². The van der Waals surface area contributed by atoms with Crippen LogP contribution in [0.2, 0.25) is 0 Å². The maximum absolute atomic E-state index is 12.4. The van der Waals surface area contributed by atoms with E-state index in [0.29, 0.717) is 6.54 Å². The van der Waals surface area contributed by atoms with Crippen molar-refractivity contribution in [2.24, 2.45) is 5.73 Å². The summed E-state index contributed by atoms with van der Waals surface area (Å²) in [5.41, 5.74) is 11.8. The number of amides is 1. The van der Waals surface area contributed by atoms with Crippen LogP contribution in [0.1, 0.15) is 28.2 Å². The highest BCUT2D eigenvalue weighted by Crippen LogP contribution is 2.44. The topological polar surface area (TPSA) is 102 Å². The molecule has 0 spiro atoms. The molecule has 31 heavy (non-hydrogen) atoms. The first-order chi connectivity index (χ1) is 15.1. The third-order valence-electron chi connectivity index (χ3n) is 5.63. The zero-order valence-electron chi connectivity index (χ0n) is 17.0. The zero-order valence-corrected chi connectivity index (χ0v) is 17.0. The Morgan fingerprint density at radius 2 is 1.45 bits per heavy atom. The molecule has 1 unspecified atom stereocenters. The molecule has 0 fully saturated rings. The molecule has 0 heterocycles. The Labute approximate surface area is 180 Å². The third-order valence-corrected chi connectivity index (χ3v) is 5.63. The number of benzene rings is 3. The predicted molar refractivity (Wildman–Crippen MR) is 118 cm³/mol. The molecule has 0 aromatic heterocycles. The Morgan fingerprint density at radius 1 is 0.903 bits per heavy atom. The molecule has 1 atom stereocenters. The van der Waals surface area contributed by atoms with Gasteiger partial charge in [0.1, 0.15) is 12.6 Å². The normalized spacial score (nSPS) is 13.2. The summed E-state index contributed by atoms with van der Waals surface area (Å²) >= 11 is 0. The fourth-order valence-corrected chi connectivity index (χ4v) is 4.03. The monoisotopic (exact) mass is 416 g/mol. The highest BCUT2D eigenvalue weighted by atomic mass is 16.5. The number of aliphatic carboxylic acids is 1. The van der Waals surface area contributed by atoms with Crippen LogP contribution in [0.15, 0.2) is 72.8 Å². The van der Waals surface area contributed by atoms with Crippen LogP contribution in [0, 0.1) is 0 Å². The van der Waals surface area contributed by atoms with Gasteiger partial charge in [0, 0.05) is 18.9 Å². The van der Waals surface area contributed by atoms with E-state index >= 15 is 0 Å². The fourth-order valence-electron chi connectivity index (χ4n) is 4.03. The highest BCUT2D eigenvalue weighted by Gasteiger charge is 2.29. The van der Waals surface area contributed by atoms with Crippen LogP contribution in [-0.2, 0) is 22.5 Å². The van der Waals surface area contributed by atoms with Crippen LogP contribution in [0.3, 0.4) is 0 Å². The molecule has 0 aliphatic heterocycles. The number of fused-ring (bicyclic) bond motifs is 3. The second-order valence-electron chi connectivity index (χ2n) is 7.59. The van der Waals surface area contributed by atoms with E-state index in [-0.39, 0.29) is 18.9 Å². The Hall–Kier alpha value is -3.64. The average molecular weight is 416 g/mol. The Balaban J connectivity index is 1.41. The Bertz CT molecular complexity index is 1050. The van der Waals surface area contributed by atoms with Gasteiger partial charge in [0.05, 0.1) is 0 Å². The quantitative estimate of drug-likeness (QED) is 0.545. The Kier molecular flexibility index (Phi) is 6.00. The second-order valence-corrected chi connectivity index (χ2v) is 7.59. The zero-order chi connectivity index (χ0) is 21.8. The lowest BCUT2D eigenvalue weighted by Crippen LogP contribution is -2.42. The van der Waals surface area contributed by atoms with Crippen molar-refractivity contribution in [3.8, 4) is 11.1 Å². The average Bonchev–Trinajstić information content (AvgIpc) is 3.11. The molecule has 0 saturated heterocycles.